The van der Waals surface area contributed by atoms with Gasteiger partial charge in [0.1, 0.15) is 11.6 Å². The Hall–Kier alpha value is -2.98. The number of benzene rings is 1. The van der Waals surface area contributed by atoms with Crippen molar-refractivity contribution in [3.63, 3.8) is 0 Å². The fourth-order valence-electron chi connectivity index (χ4n) is 2.09. The van der Waals surface area contributed by atoms with Crippen molar-refractivity contribution in [1.29, 1.82) is 5.26 Å². The minimum absolute atomic E-state index is 0.0381. The highest BCUT2D eigenvalue weighted by molar-refractivity contribution is 5.56. The molecule has 2 aromatic rings. The molecule has 0 amide bonds. The summed E-state index contributed by atoms with van der Waals surface area (Å²) in [6.07, 6.45) is -0.869. The van der Waals surface area contributed by atoms with E-state index in [1.54, 1.807) is 24.3 Å². The van der Waals surface area contributed by atoms with Crippen molar-refractivity contribution in [3.8, 4) is 11.9 Å². The van der Waals surface area contributed by atoms with Crippen LogP contribution in [0.15, 0.2) is 45.4 Å². The van der Waals surface area contributed by atoms with Crippen LogP contribution in [-0.2, 0) is 6.54 Å². The van der Waals surface area contributed by atoms with Gasteiger partial charge in [-0.1, -0.05) is 18.2 Å². The van der Waals surface area contributed by atoms with Gasteiger partial charge in [-0.3, -0.25) is 9.36 Å². The highest BCUT2D eigenvalue weighted by atomic mass is 16.3. The molecule has 23 heavy (non-hydrogen) atoms. The van der Waals surface area contributed by atoms with Crippen LogP contribution in [0.5, 0.6) is 5.88 Å². The molecule has 1 unspecified atom stereocenters. The first-order valence-corrected chi connectivity index (χ1v) is 6.97. The van der Waals surface area contributed by atoms with Crippen LogP contribution in [0.4, 0.5) is 11.4 Å². The van der Waals surface area contributed by atoms with E-state index in [-0.39, 0.29) is 23.4 Å². The van der Waals surface area contributed by atoms with E-state index in [2.05, 4.69) is 10.2 Å². The fraction of sp³-hybridized carbons (Fsp3) is 0.250. The Morgan fingerprint density at radius 3 is 2.52 bits per heavy atom. The second-order valence-electron chi connectivity index (χ2n) is 5.08. The number of pyridine rings is 1. The first-order chi connectivity index (χ1) is 11.0. The van der Waals surface area contributed by atoms with Crippen LogP contribution < -0.4 is 5.56 Å². The average Bonchev–Trinajstić information content (AvgIpc) is 2.53. The van der Waals surface area contributed by atoms with Crippen molar-refractivity contribution < 1.29 is 10.2 Å². The molecule has 7 heteroatoms. The summed E-state index contributed by atoms with van der Waals surface area (Å²) in [5.41, 5.74) is 0.0900. The maximum Gasteiger partial charge on any atom is 0.281 e. The summed E-state index contributed by atoms with van der Waals surface area (Å²) in [6, 6.07) is 10.7. The fourth-order valence-corrected chi connectivity index (χ4v) is 2.09. The lowest BCUT2D eigenvalue weighted by Crippen LogP contribution is -2.26. The minimum Gasteiger partial charge on any atom is -0.493 e. The molecule has 0 bridgehead atoms. The van der Waals surface area contributed by atoms with Crippen molar-refractivity contribution in [2.45, 2.75) is 26.5 Å². The van der Waals surface area contributed by atoms with Crippen LogP contribution in [0, 0.1) is 18.3 Å². The molecular formula is C16H16N4O3. The molecule has 0 radical (unpaired) electrons. The Kier molecular flexibility index (Phi) is 4.88. The summed E-state index contributed by atoms with van der Waals surface area (Å²) >= 11 is 0. The van der Waals surface area contributed by atoms with Gasteiger partial charge in [-0.2, -0.15) is 10.4 Å². The zero-order valence-corrected chi connectivity index (χ0v) is 12.8. The number of aliphatic hydroxyl groups excluding tert-OH is 1. The Balaban J connectivity index is 2.61. The zero-order chi connectivity index (χ0) is 17.0. The Bertz CT molecular complexity index is 833. The summed E-state index contributed by atoms with van der Waals surface area (Å²) in [5, 5.41) is 36.7. The SMILES string of the molecule is Cc1c(C#N)c(O)n(CC(C)O)c(=O)c1N=Nc1ccccc1. The molecule has 0 saturated carbocycles. The van der Waals surface area contributed by atoms with Gasteiger partial charge in [0, 0.05) is 5.56 Å². The molecule has 1 aromatic carbocycles. The summed E-state index contributed by atoms with van der Waals surface area (Å²) in [6.45, 7) is 2.85. The number of nitrogens with zero attached hydrogens (tertiary/aromatic N) is 4. The van der Waals surface area contributed by atoms with Gasteiger partial charge in [0.15, 0.2) is 5.69 Å². The van der Waals surface area contributed by atoms with Crippen molar-refractivity contribution in [3.05, 3.63) is 51.8 Å². The lowest BCUT2D eigenvalue weighted by atomic mass is 10.1. The van der Waals surface area contributed by atoms with E-state index in [9.17, 15) is 20.3 Å². The summed E-state index contributed by atoms with van der Waals surface area (Å²) < 4.78 is 0.926. The molecule has 1 aromatic heterocycles. The molecule has 118 valence electrons. The smallest absolute Gasteiger partial charge is 0.281 e. The number of rotatable bonds is 4. The third-order valence-corrected chi connectivity index (χ3v) is 3.24. The number of azo groups is 1. The quantitative estimate of drug-likeness (QED) is 0.845. The second kappa shape index (κ2) is 6.85. The molecule has 1 atom stereocenters. The molecule has 0 aliphatic rings. The van der Waals surface area contributed by atoms with Crippen molar-refractivity contribution in [2.24, 2.45) is 10.2 Å². The van der Waals surface area contributed by atoms with Gasteiger partial charge < -0.3 is 10.2 Å². The topological polar surface area (TPSA) is 111 Å². The number of aromatic hydroxyl groups is 1. The van der Waals surface area contributed by atoms with Gasteiger partial charge in [-0.25, -0.2) is 0 Å². The molecule has 0 saturated heterocycles. The van der Waals surface area contributed by atoms with Crippen LogP contribution in [-0.4, -0.2) is 20.9 Å². The monoisotopic (exact) mass is 312 g/mol. The van der Waals surface area contributed by atoms with Crippen molar-refractivity contribution >= 4 is 11.4 Å². The normalized spacial score (nSPS) is 12.3. The summed E-state index contributed by atoms with van der Waals surface area (Å²) in [7, 11) is 0. The standard InChI is InChI=1S/C16H16N4O3/c1-10(21)9-20-15(22)13(8-17)11(2)14(16(20)23)19-18-12-6-4-3-5-7-12/h3-7,10,21-22H,9H2,1-2H3. The van der Waals surface area contributed by atoms with Gasteiger partial charge >= 0.3 is 0 Å². The zero-order valence-electron chi connectivity index (χ0n) is 12.8. The molecule has 2 rings (SSSR count). The van der Waals surface area contributed by atoms with E-state index in [0.717, 1.165) is 4.57 Å². The molecule has 1 heterocycles. The lowest BCUT2D eigenvalue weighted by Gasteiger charge is -2.14. The summed E-state index contributed by atoms with van der Waals surface area (Å²) in [5.74, 6) is -0.477. The number of aliphatic hydroxyl groups is 1. The largest absolute Gasteiger partial charge is 0.493 e. The molecule has 7 nitrogen and oxygen atoms in total. The van der Waals surface area contributed by atoms with Gasteiger partial charge in [-0.05, 0) is 26.0 Å². The van der Waals surface area contributed by atoms with E-state index < -0.39 is 17.5 Å². The maximum atomic E-state index is 12.5. The first kappa shape index (κ1) is 16.4. The number of nitriles is 1. The van der Waals surface area contributed by atoms with Crippen LogP contribution in [0.25, 0.3) is 0 Å². The summed E-state index contributed by atoms with van der Waals surface area (Å²) in [4.78, 5) is 12.5. The molecular weight excluding hydrogens is 296 g/mol. The highest BCUT2D eigenvalue weighted by Gasteiger charge is 2.19. The molecule has 0 aliphatic heterocycles. The van der Waals surface area contributed by atoms with E-state index >= 15 is 0 Å². The maximum absolute atomic E-state index is 12.5. The van der Waals surface area contributed by atoms with Crippen molar-refractivity contribution in [2.75, 3.05) is 0 Å². The van der Waals surface area contributed by atoms with E-state index in [4.69, 9.17) is 0 Å². The highest BCUT2D eigenvalue weighted by Crippen LogP contribution is 2.26. The predicted octanol–water partition coefficient (Wildman–Crippen LogP) is 2.53. The van der Waals surface area contributed by atoms with Crippen LogP contribution in [0.1, 0.15) is 18.1 Å². The molecule has 0 fully saturated rings. The van der Waals surface area contributed by atoms with E-state index in [1.165, 1.54) is 13.8 Å². The Morgan fingerprint density at radius 1 is 1.30 bits per heavy atom. The predicted molar refractivity (Wildman–Crippen MR) is 84.1 cm³/mol. The van der Waals surface area contributed by atoms with E-state index in [1.807, 2.05) is 12.1 Å². The van der Waals surface area contributed by atoms with Crippen LogP contribution in [0.3, 0.4) is 0 Å². The minimum atomic E-state index is -0.869. The van der Waals surface area contributed by atoms with Crippen molar-refractivity contribution in [1.82, 2.24) is 4.57 Å². The van der Waals surface area contributed by atoms with Gasteiger partial charge in [-0.15, -0.1) is 5.11 Å². The Labute approximate surface area is 132 Å². The van der Waals surface area contributed by atoms with Gasteiger partial charge in [0.2, 0.25) is 5.88 Å². The third-order valence-electron chi connectivity index (χ3n) is 3.24. The lowest BCUT2D eigenvalue weighted by molar-refractivity contribution is 0.167. The first-order valence-electron chi connectivity index (χ1n) is 6.97. The van der Waals surface area contributed by atoms with Crippen LogP contribution in [0.2, 0.25) is 0 Å². The van der Waals surface area contributed by atoms with E-state index in [0.29, 0.717) is 5.69 Å². The number of hydrogen-bond donors (Lipinski definition) is 2. The second-order valence-corrected chi connectivity index (χ2v) is 5.08. The average molecular weight is 312 g/mol. The molecule has 2 N–H and O–H groups in total. The van der Waals surface area contributed by atoms with Crippen LogP contribution >= 0.6 is 0 Å². The van der Waals surface area contributed by atoms with Gasteiger partial charge in [0.05, 0.1) is 18.3 Å². The number of hydrogen-bond acceptors (Lipinski definition) is 6. The Morgan fingerprint density at radius 2 is 1.96 bits per heavy atom. The van der Waals surface area contributed by atoms with Gasteiger partial charge in [0.25, 0.3) is 5.56 Å². The number of aromatic nitrogens is 1. The third kappa shape index (κ3) is 3.44. The molecule has 0 aliphatic carbocycles. The molecule has 0 spiro atoms.